The summed E-state index contributed by atoms with van der Waals surface area (Å²) in [6.07, 6.45) is 30.7. The molecule has 0 spiro atoms. The van der Waals surface area contributed by atoms with Gasteiger partial charge in [0.05, 0.1) is 37.7 Å². The van der Waals surface area contributed by atoms with Crippen molar-refractivity contribution in [3.63, 3.8) is 0 Å². The molecule has 1 atom stereocenters. The highest BCUT2D eigenvalue weighted by Gasteiger charge is 2.26. The van der Waals surface area contributed by atoms with Crippen molar-refractivity contribution in [1.29, 1.82) is 0 Å². The van der Waals surface area contributed by atoms with Gasteiger partial charge < -0.3 is 35.2 Å². The number of carboxylic acids is 4. The Balaban J connectivity index is 0.000000395. The summed E-state index contributed by atoms with van der Waals surface area (Å²) in [7, 11) is 0. The lowest BCUT2D eigenvalue weighted by Gasteiger charge is -2.23. The quantitative estimate of drug-likeness (QED) is 0.0184. The molecule has 0 aliphatic heterocycles. The van der Waals surface area contributed by atoms with E-state index in [9.17, 15) is 28.8 Å². The largest absolute Gasteiger partial charge is 0.494 e. The SMILES string of the molecule is CC(C)(C)C(=O)NC(CC(=O)O)c1ccccc1.CCCCCCCCCCCCCCCCOc1ccccc1C(=O)O.CCCCCCCc1ccc(-c2ccc(C(=O)O)cc2)cc1.CCCCCCOc1ccc(C(=O)CCC(=O)O)cc1. The van der Waals surface area contributed by atoms with Gasteiger partial charge in [0.25, 0.3) is 0 Å². The van der Waals surface area contributed by atoms with E-state index in [0.29, 0.717) is 30.1 Å². The Morgan fingerprint density at radius 2 is 0.884 bits per heavy atom. The van der Waals surface area contributed by atoms with Gasteiger partial charge >= 0.3 is 23.9 Å². The van der Waals surface area contributed by atoms with E-state index in [1.54, 1.807) is 75.4 Å². The van der Waals surface area contributed by atoms with Crippen LogP contribution < -0.4 is 14.8 Å². The number of ketones is 1. The number of para-hydroxylation sites is 1. The third-order valence-corrected chi connectivity index (χ3v) is 14.4. The molecule has 0 aliphatic carbocycles. The Bertz CT molecular complexity index is 2630. The van der Waals surface area contributed by atoms with Crippen molar-refractivity contribution in [3.8, 4) is 22.6 Å². The van der Waals surface area contributed by atoms with Gasteiger partial charge in [-0.3, -0.25) is 19.2 Å². The molecular weight excluding hydrogens is 1080 g/mol. The number of aryl methyl sites for hydroxylation is 1. The molecule has 1 unspecified atom stereocenters. The second-order valence-electron chi connectivity index (χ2n) is 23.0. The predicted octanol–water partition coefficient (Wildman–Crippen LogP) is 18.9. The molecule has 5 aromatic carbocycles. The number of carboxylic acid groups (broad SMARTS) is 4. The predicted molar refractivity (Wildman–Crippen MR) is 347 cm³/mol. The van der Waals surface area contributed by atoms with Gasteiger partial charge in [0.2, 0.25) is 5.91 Å². The molecule has 0 saturated carbocycles. The van der Waals surface area contributed by atoms with E-state index < -0.39 is 35.3 Å². The fraction of sp³-hybridized carbons (Fsp3) is 0.507. The van der Waals surface area contributed by atoms with Gasteiger partial charge in [0.15, 0.2) is 5.78 Å². The Hall–Kier alpha value is -7.28. The maximum atomic E-state index is 11.9. The van der Waals surface area contributed by atoms with Gasteiger partial charge in [0.1, 0.15) is 17.1 Å². The number of benzene rings is 5. The summed E-state index contributed by atoms with van der Waals surface area (Å²) in [6.45, 7) is 13.4. The molecule has 0 heterocycles. The molecule has 86 heavy (non-hydrogen) atoms. The molecule has 0 aromatic heterocycles. The van der Waals surface area contributed by atoms with Crippen LogP contribution in [0.2, 0.25) is 0 Å². The van der Waals surface area contributed by atoms with Crippen LogP contribution in [0.25, 0.3) is 11.1 Å². The number of hydrogen-bond donors (Lipinski definition) is 5. The zero-order chi connectivity index (χ0) is 63.2. The first-order valence-corrected chi connectivity index (χ1v) is 31.8. The summed E-state index contributed by atoms with van der Waals surface area (Å²) in [5, 5.41) is 38.3. The number of ether oxygens (including phenoxy) is 2. The molecule has 0 fully saturated rings. The summed E-state index contributed by atoms with van der Waals surface area (Å²) < 4.78 is 11.2. The van der Waals surface area contributed by atoms with Crippen LogP contribution in [0.1, 0.15) is 257 Å². The monoisotopic (exact) mass is 1190 g/mol. The van der Waals surface area contributed by atoms with Crippen LogP contribution >= 0.6 is 0 Å². The first-order valence-electron chi connectivity index (χ1n) is 31.8. The molecule has 0 bridgehead atoms. The fourth-order valence-corrected chi connectivity index (χ4v) is 9.16. The zero-order valence-corrected chi connectivity index (χ0v) is 52.8. The number of aromatic carboxylic acids is 2. The van der Waals surface area contributed by atoms with Crippen LogP contribution in [-0.2, 0) is 20.8 Å². The van der Waals surface area contributed by atoms with Crippen molar-refractivity contribution in [1.82, 2.24) is 5.32 Å². The van der Waals surface area contributed by atoms with Gasteiger partial charge in [-0.2, -0.15) is 0 Å². The maximum Gasteiger partial charge on any atom is 0.339 e. The van der Waals surface area contributed by atoms with Crippen molar-refractivity contribution in [2.45, 2.75) is 221 Å². The average molecular weight is 1190 g/mol. The van der Waals surface area contributed by atoms with E-state index in [4.69, 9.17) is 29.9 Å². The average Bonchev–Trinajstić information content (AvgIpc) is 3.35. The highest BCUT2D eigenvalue weighted by Crippen LogP contribution is 2.24. The summed E-state index contributed by atoms with van der Waals surface area (Å²) in [5.74, 6) is -2.78. The lowest BCUT2D eigenvalue weighted by Crippen LogP contribution is -2.38. The second kappa shape index (κ2) is 46.0. The Morgan fingerprint density at radius 1 is 0.442 bits per heavy atom. The van der Waals surface area contributed by atoms with Crippen molar-refractivity contribution >= 4 is 35.6 Å². The van der Waals surface area contributed by atoms with E-state index >= 15 is 0 Å². The number of unbranched alkanes of at least 4 members (excludes halogenated alkanes) is 20. The fourth-order valence-electron chi connectivity index (χ4n) is 9.16. The van der Waals surface area contributed by atoms with Crippen molar-refractivity contribution in [2.24, 2.45) is 5.41 Å². The molecule has 0 aliphatic rings. The highest BCUT2D eigenvalue weighted by molar-refractivity contribution is 5.97. The lowest BCUT2D eigenvalue weighted by atomic mass is 9.94. The van der Waals surface area contributed by atoms with Crippen molar-refractivity contribution in [3.05, 3.63) is 155 Å². The van der Waals surface area contributed by atoms with Crippen LogP contribution in [0, 0.1) is 5.41 Å². The Kier molecular flexibility index (Phi) is 40.0. The van der Waals surface area contributed by atoms with E-state index in [0.717, 1.165) is 48.1 Å². The third-order valence-electron chi connectivity index (χ3n) is 14.4. The molecule has 13 heteroatoms. The first kappa shape index (κ1) is 74.8. The van der Waals surface area contributed by atoms with Crippen LogP contribution in [0.3, 0.4) is 0 Å². The minimum atomic E-state index is -0.953. The molecule has 5 aromatic rings. The van der Waals surface area contributed by atoms with E-state index in [-0.39, 0.29) is 36.5 Å². The molecule has 472 valence electrons. The molecule has 0 radical (unpaired) electrons. The zero-order valence-electron chi connectivity index (χ0n) is 52.8. The van der Waals surface area contributed by atoms with E-state index in [1.165, 1.54) is 134 Å². The van der Waals surface area contributed by atoms with Crippen LogP contribution in [-0.4, -0.2) is 69.2 Å². The van der Waals surface area contributed by atoms with Gasteiger partial charge in [-0.25, -0.2) is 9.59 Å². The summed E-state index contributed by atoms with van der Waals surface area (Å²) in [4.78, 5) is 66.8. The van der Waals surface area contributed by atoms with Gasteiger partial charge in [-0.1, -0.05) is 249 Å². The smallest absolute Gasteiger partial charge is 0.339 e. The molecule has 0 saturated heterocycles. The number of amides is 1. The van der Waals surface area contributed by atoms with Gasteiger partial charge in [-0.15, -0.1) is 0 Å². The minimum absolute atomic E-state index is 0.0343. The lowest BCUT2D eigenvalue weighted by molar-refractivity contribution is -0.138. The van der Waals surface area contributed by atoms with Gasteiger partial charge in [0, 0.05) is 17.4 Å². The number of hydrogen-bond acceptors (Lipinski definition) is 8. The molecule has 5 rings (SSSR count). The normalized spacial score (nSPS) is 11.0. The van der Waals surface area contributed by atoms with Crippen molar-refractivity contribution in [2.75, 3.05) is 13.2 Å². The summed E-state index contributed by atoms with van der Waals surface area (Å²) >= 11 is 0. The third kappa shape index (κ3) is 35.2. The Morgan fingerprint density at radius 3 is 1.36 bits per heavy atom. The number of Topliss-reactive ketones (excluding diaryl/α,β-unsaturated/α-hetero) is 1. The van der Waals surface area contributed by atoms with E-state index in [2.05, 4.69) is 50.4 Å². The van der Waals surface area contributed by atoms with Crippen LogP contribution in [0.5, 0.6) is 11.5 Å². The number of aliphatic carboxylic acids is 2. The number of rotatable bonds is 39. The minimum Gasteiger partial charge on any atom is -0.494 e. The topological polar surface area (TPSA) is 214 Å². The van der Waals surface area contributed by atoms with Crippen LogP contribution in [0.15, 0.2) is 127 Å². The number of carbonyl (C=O) groups excluding carboxylic acids is 2. The molecule has 5 N–H and O–H groups in total. The highest BCUT2D eigenvalue weighted by atomic mass is 16.5. The molecule has 13 nitrogen and oxygen atoms in total. The molecular formula is C73H103NO12. The van der Waals surface area contributed by atoms with Gasteiger partial charge in [-0.05, 0) is 96.5 Å². The summed E-state index contributed by atoms with van der Waals surface area (Å²) in [5.41, 5.74) is 4.94. The standard InChI is InChI=1S/C23H38O3.C20H24O2.C16H22O4.C14H19NO3/c1-2-3-4-5-6-7-8-9-10-11-12-13-14-17-20-26-22-19-16-15-18-21(22)23(24)25;1-2-3-4-5-6-7-16-8-10-17(11-9-16)18-12-14-19(15-13-18)20(21)22;1-2-3-4-5-12-20-14-8-6-13(7-9-14)15(17)10-11-16(18)19;1-14(2,3)13(18)15-11(9-12(16)17)10-7-5-4-6-8-10/h15-16,18-19H,2-14,17,20H2,1H3,(H,24,25);8-15H,2-7H2,1H3,(H,21,22);6-9H,2-5,10-12H2,1H3,(H,18,19);4-8,11H,9H2,1-3H3,(H,15,18)(H,16,17). The first-order chi connectivity index (χ1) is 41.4. The maximum absolute atomic E-state index is 11.9. The summed E-state index contributed by atoms with van der Waals surface area (Å²) in [6, 6.07) is 38.0. The van der Waals surface area contributed by atoms with Crippen molar-refractivity contribution < 1.29 is 58.7 Å². The number of nitrogens with one attached hydrogen (secondary N) is 1. The number of carbonyl (C=O) groups is 6. The van der Waals surface area contributed by atoms with Crippen LogP contribution in [0.4, 0.5) is 0 Å². The molecule has 1 amide bonds. The van der Waals surface area contributed by atoms with E-state index in [1.807, 2.05) is 48.5 Å². The Labute approximate surface area is 514 Å². The second-order valence-corrected chi connectivity index (χ2v) is 23.0.